The first-order valence-corrected chi connectivity index (χ1v) is 6.25. The molecule has 0 spiro atoms. The summed E-state index contributed by atoms with van der Waals surface area (Å²) < 4.78 is 0. The molecule has 0 aliphatic carbocycles. The van der Waals surface area contributed by atoms with Crippen molar-refractivity contribution in [2.24, 2.45) is 5.92 Å². The first-order valence-electron chi connectivity index (χ1n) is 5.88. The van der Waals surface area contributed by atoms with Crippen LogP contribution in [0.2, 0.25) is 5.02 Å². The molecule has 0 fully saturated rings. The van der Waals surface area contributed by atoms with E-state index in [0.717, 1.165) is 0 Å². The zero-order valence-electron chi connectivity index (χ0n) is 11.1. The van der Waals surface area contributed by atoms with Crippen LogP contribution < -0.4 is 0 Å². The van der Waals surface area contributed by atoms with Gasteiger partial charge in [0.2, 0.25) is 0 Å². The third-order valence-electron chi connectivity index (χ3n) is 2.65. The summed E-state index contributed by atoms with van der Waals surface area (Å²) in [5, 5.41) is 9.05. The molecule has 0 radical (unpaired) electrons. The molecule has 0 aliphatic rings. The number of carboxylic acids is 1. The molecule has 1 aromatic rings. The highest BCUT2D eigenvalue weighted by Gasteiger charge is 2.23. The number of rotatable bonds is 5. The van der Waals surface area contributed by atoms with E-state index in [4.69, 9.17) is 16.7 Å². The normalized spacial score (nSPS) is 12.0. The lowest BCUT2D eigenvalue weighted by Crippen LogP contribution is -2.37. The molecule has 0 saturated carbocycles. The van der Waals surface area contributed by atoms with Gasteiger partial charge in [-0.2, -0.15) is 0 Å². The van der Waals surface area contributed by atoms with Crippen LogP contribution in [-0.4, -0.2) is 44.9 Å². The van der Waals surface area contributed by atoms with Gasteiger partial charge in [0.05, 0.1) is 17.1 Å². The molecule has 1 rings (SSSR count). The number of hydrogen-bond acceptors (Lipinski definition) is 4. The third kappa shape index (κ3) is 3.89. The molecule has 0 aliphatic heterocycles. The number of amides is 1. The van der Waals surface area contributed by atoms with Gasteiger partial charge in [0, 0.05) is 13.1 Å². The standard InChI is InChI=1S/C12H16ClN3O3/c1-4-16(6-7(2)12(18)19)11(17)10-9(13)5-14-8(3)15-10/h5,7H,4,6H2,1-3H3,(H,18,19). The number of nitrogens with zero attached hydrogens (tertiary/aromatic N) is 3. The summed E-state index contributed by atoms with van der Waals surface area (Å²) in [6.07, 6.45) is 1.37. The highest BCUT2D eigenvalue weighted by Crippen LogP contribution is 2.15. The maximum Gasteiger partial charge on any atom is 0.308 e. The highest BCUT2D eigenvalue weighted by atomic mass is 35.5. The zero-order valence-corrected chi connectivity index (χ0v) is 11.8. The summed E-state index contributed by atoms with van der Waals surface area (Å²) in [6, 6.07) is 0. The second-order valence-corrected chi connectivity index (χ2v) is 4.60. The van der Waals surface area contributed by atoms with Crippen molar-refractivity contribution in [2.75, 3.05) is 13.1 Å². The van der Waals surface area contributed by atoms with Crippen molar-refractivity contribution in [1.29, 1.82) is 0 Å². The molecular weight excluding hydrogens is 270 g/mol. The summed E-state index contributed by atoms with van der Waals surface area (Å²) in [4.78, 5) is 32.4. The molecule has 1 heterocycles. The Balaban J connectivity index is 2.95. The molecule has 19 heavy (non-hydrogen) atoms. The van der Waals surface area contributed by atoms with Crippen LogP contribution >= 0.6 is 11.6 Å². The third-order valence-corrected chi connectivity index (χ3v) is 2.93. The minimum atomic E-state index is -0.948. The number of carboxylic acid groups (broad SMARTS) is 1. The van der Waals surface area contributed by atoms with Crippen molar-refractivity contribution in [1.82, 2.24) is 14.9 Å². The van der Waals surface area contributed by atoms with Crippen molar-refractivity contribution in [3.8, 4) is 0 Å². The second-order valence-electron chi connectivity index (χ2n) is 4.20. The average Bonchev–Trinajstić information content (AvgIpc) is 2.37. The Morgan fingerprint density at radius 2 is 2.16 bits per heavy atom. The predicted molar refractivity (Wildman–Crippen MR) is 70.2 cm³/mol. The summed E-state index contributed by atoms with van der Waals surface area (Å²) in [6.45, 7) is 5.47. The zero-order chi connectivity index (χ0) is 14.6. The molecule has 1 N–H and O–H groups in total. The Morgan fingerprint density at radius 3 is 2.68 bits per heavy atom. The SMILES string of the molecule is CCN(CC(C)C(=O)O)C(=O)c1nc(C)ncc1Cl. The summed E-state index contributed by atoms with van der Waals surface area (Å²) in [5.74, 6) is -1.54. The van der Waals surface area contributed by atoms with E-state index >= 15 is 0 Å². The summed E-state index contributed by atoms with van der Waals surface area (Å²) in [5.41, 5.74) is 0.105. The fourth-order valence-electron chi connectivity index (χ4n) is 1.52. The lowest BCUT2D eigenvalue weighted by molar-refractivity contribution is -0.141. The Bertz CT molecular complexity index is 493. The van der Waals surface area contributed by atoms with Crippen molar-refractivity contribution in [3.63, 3.8) is 0 Å². The van der Waals surface area contributed by atoms with Gasteiger partial charge in [-0.25, -0.2) is 9.97 Å². The molecule has 0 bridgehead atoms. The topological polar surface area (TPSA) is 83.4 Å². The molecule has 104 valence electrons. The van der Waals surface area contributed by atoms with E-state index in [-0.39, 0.29) is 23.2 Å². The lowest BCUT2D eigenvalue weighted by Gasteiger charge is -2.22. The predicted octanol–water partition coefficient (Wildman–Crippen LogP) is 1.62. The van der Waals surface area contributed by atoms with Crippen LogP contribution in [0.4, 0.5) is 0 Å². The van der Waals surface area contributed by atoms with Gasteiger partial charge in [-0.05, 0) is 13.8 Å². The van der Waals surface area contributed by atoms with Crippen molar-refractivity contribution in [3.05, 3.63) is 22.7 Å². The Morgan fingerprint density at radius 1 is 1.53 bits per heavy atom. The minimum Gasteiger partial charge on any atom is -0.481 e. The van der Waals surface area contributed by atoms with Gasteiger partial charge in [0.1, 0.15) is 5.82 Å². The number of hydrogen-bond donors (Lipinski definition) is 1. The van der Waals surface area contributed by atoms with Crippen LogP contribution in [0, 0.1) is 12.8 Å². The average molecular weight is 286 g/mol. The summed E-state index contributed by atoms with van der Waals surface area (Å²) >= 11 is 5.90. The quantitative estimate of drug-likeness (QED) is 0.889. The molecule has 7 heteroatoms. The van der Waals surface area contributed by atoms with E-state index in [0.29, 0.717) is 12.4 Å². The fourth-order valence-corrected chi connectivity index (χ4v) is 1.69. The van der Waals surface area contributed by atoms with Gasteiger partial charge in [-0.3, -0.25) is 9.59 Å². The molecule has 1 aromatic heterocycles. The van der Waals surface area contributed by atoms with E-state index in [2.05, 4.69) is 9.97 Å². The lowest BCUT2D eigenvalue weighted by atomic mass is 10.1. The van der Waals surface area contributed by atoms with Gasteiger partial charge in [0.15, 0.2) is 5.69 Å². The number of carbonyl (C=O) groups is 2. The number of aliphatic carboxylic acids is 1. The number of aromatic nitrogens is 2. The molecule has 0 aromatic carbocycles. The summed E-state index contributed by atoms with van der Waals surface area (Å²) in [7, 11) is 0. The smallest absolute Gasteiger partial charge is 0.308 e. The maximum absolute atomic E-state index is 12.3. The Labute approximate surface area is 116 Å². The van der Waals surface area contributed by atoms with Crippen LogP contribution in [0.1, 0.15) is 30.2 Å². The molecule has 0 saturated heterocycles. The van der Waals surface area contributed by atoms with Crippen LogP contribution in [-0.2, 0) is 4.79 Å². The van der Waals surface area contributed by atoms with Crippen LogP contribution in [0.15, 0.2) is 6.20 Å². The molecular formula is C12H16ClN3O3. The van der Waals surface area contributed by atoms with Crippen molar-refractivity contribution < 1.29 is 14.7 Å². The van der Waals surface area contributed by atoms with Gasteiger partial charge < -0.3 is 10.0 Å². The highest BCUT2D eigenvalue weighted by molar-refractivity contribution is 6.33. The van der Waals surface area contributed by atoms with Crippen LogP contribution in [0.25, 0.3) is 0 Å². The van der Waals surface area contributed by atoms with E-state index in [9.17, 15) is 9.59 Å². The Kier molecular flexibility index (Phi) is 5.23. The van der Waals surface area contributed by atoms with E-state index in [1.807, 2.05) is 0 Å². The van der Waals surface area contributed by atoms with Gasteiger partial charge in [-0.1, -0.05) is 18.5 Å². The van der Waals surface area contributed by atoms with Crippen molar-refractivity contribution in [2.45, 2.75) is 20.8 Å². The first-order chi connectivity index (χ1) is 8.86. The maximum atomic E-state index is 12.3. The molecule has 1 unspecified atom stereocenters. The second kappa shape index (κ2) is 6.47. The monoisotopic (exact) mass is 285 g/mol. The first kappa shape index (κ1) is 15.4. The molecule has 6 nitrogen and oxygen atoms in total. The van der Waals surface area contributed by atoms with E-state index in [1.165, 1.54) is 11.1 Å². The minimum absolute atomic E-state index is 0.105. The van der Waals surface area contributed by atoms with Crippen LogP contribution in [0.5, 0.6) is 0 Å². The number of carbonyl (C=O) groups excluding carboxylic acids is 1. The van der Waals surface area contributed by atoms with Gasteiger partial charge >= 0.3 is 5.97 Å². The Hall–Kier alpha value is -1.69. The number of halogens is 1. The van der Waals surface area contributed by atoms with Gasteiger partial charge in [-0.15, -0.1) is 0 Å². The largest absolute Gasteiger partial charge is 0.481 e. The van der Waals surface area contributed by atoms with Crippen molar-refractivity contribution >= 4 is 23.5 Å². The van der Waals surface area contributed by atoms with Gasteiger partial charge in [0.25, 0.3) is 5.91 Å². The van der Waals surface area contributed by atoms with E-state index < -0.39 is 11.9 Å². The number of aryl methyl sites for hydroxylation is 1. The van der Waals surface area contributed by atoms with E-state index in [1.54, 1.807) is 20.8 Å². The molecule has 1 amide bonds. The van der Waals surface area contributed by atoms with Crippen LogP contribution in [0.3, 0.4) is 0 Å². The fraction of sp³-hybridized carbons (Fsp3) is 0.500. The molecule has 1 atom stereocenters.